The fourth-order valence-electron chi connectivity index (χ4n) is 3.28. The van der Waals surface area contributed by atoms with Crippen LogP contribution in [0, 0.1) is 11.6 Å². The van der Waals surface area contributed by atoms with Gasteiger partial charge in [0.15, 0.2) is 11.5 Å². The molecule has 0 aliphatic carbocycles. The molecule has 7 nitrogen and oxygen atoms in total. The molecule has 0 aromatic heterocycles. The van der Waals surface area contributed by atoms with Crippen molar-refractivity contribution < 1.29 is 32.6 Å². The van der Waals surface area contributed by atoms with Gasteiger partial charge >= 0.3 is 0 Å². The summed E-state index contributed by atoms with van der Waals surface area (Å²) in [5.41, 5.74) is 1.13. The molecule has 1 N–H and O–H groups in total. The number of carbonyl (C=O) groups excluding carboxylic acids is 3. The molecule has 10 heteroatoms. The van der Waals surface area contributed by atoms with Crippen molar-refractivity contribution in [2.75, 3.05) is 25.6 Å². The van der Waals surface area contributed by atoms with Crippen molar-refractivity contribution in [3.63, 3.8) is 0 Å². The zero-order chi connectivity index (χ0) is 24.8. The SMILES string of the molecule is C=CCc1cc(C=C2SC(=O)N(CC(=O)Nc3ccc(F)cc3F)C2=O)cc(OCC)c1OC. The molecule has 0 spiro atoms. The van der Waals surface area contributed by atoms with Gasteiger partial charge in [0.25, 0.3) is 11.1 Å². The fraction of sp³-hybridized carbons (Fsp3) is 0.208. The normalized spacial score (nSPS) is 14.5. The number of hydrogen-bond acceptors (Lipinski definition) is 6. The van der Waals surface area contributed by atoms with Crippen LogP contribution in [0.1, 0.15) is 18.1 Å². The van der Waals surface area contributed by atoms with E-state index < -0.39 is 35.2 Å². The lowest BCUT2D eigenvalue weighted by Gasteiger charge is -2.14. The molecule has 1 heterocycles. The average Bonchev–Trinajstić information content (AvgIpc) is 3.03. The van der Waals surface area contributed by atoms with Gasteiger partial charge in [-0.25, -0.2) is 8.78 Å². The van der Waals surface area contributed by atoms with E-state index in [9.17, 15) is 23.2 Å². The van der Waals surface area contributed by atoms with E-state index in [4.69, 9.17) is 9.47 Å². The summed E-state index contributed by atoms with van der Waals surface area (Å²) in [6, 6.07) is 6.13. The van der Waals surface area contributed by atoms with Crippen LogP contribution in [0.25, 0.3) is 6.08 Å². The zero-order valence-corrected chi connectivity index (χ0v) is 19.3. The highest BCUT2D eigenvalue weighted by atomic mass is 32.2. The van der Waals surface area contributed by atoms with Gasteiger partial charge in [0.2, 0.25) is 5.91 Å². The Morgan fingerprint density at radius 2 is 2.00 bits per heavy atom. The number of anilines is 1. The predicted molar refractivity (Wildman–Crippen MR) is 126 cm³/mol. The van der Waals surface area contributed by atoms with E-state index in [1.807, 2.05) is 6.92 Å². The predicted octanol–water partition coefficient (Wildman–Crippen LogP) is 4.78. The molecule has 178 valence electrons. The lowest BCUT2D eigenvalue weighted by molar-refractivity contribution is -0.127. The number of imide groups is 1. The number of allylic oxidation sites excluding steroid dienone is 1. The first-order valence-corrected chi connectivity index (χ1v) is 11.0. The summed E-state index contributed by atoms with van der Waals surface area (Å²) in [6.45, 7) is 5.34. The van der Waals surface area contributed by atoms with Gasteiger partial charge in [-0.3, -0.25) is 19.3 Å². The van der Waals surface area contributed by atoms with E-state index in [1.165, 1.54) is 13.2 Å². The minimum atomic E-state index is -0.970. The molecule has 3 amide bonds. The highest BCUT2D eigenvalue weighted by Crippen LogP contribution is 2.37. The van der Waals surface area contributed by atoms with Crippen LogP contribution < -0.4 is 14.8 Å². The molecule has 1 fully saturated rings. The maximum atomic E-state index is 13.8. The first kappa shape index (κ1) is 25.0. The molecule has 0 saturated carbocycles. The second-order valence-corrected chi connectivity index (χ2v) is 8.07. The van der Waals surface area contributed by atoms with Gasteiger partial charge in [-0.05, 0) is 61.0 Å². The summed E-state index contributed by atoms with van der Waals surface area (Å²) in [7, 11) is 1.53. The third kappa shape index (κ3) is 5.63. The molecule has 0 radical (unpaired) electrons. The quantitative estimate of drug-likeness (QED) is 0.404. The van der Waals surface area contributed by atoms with Gasteiger partial charge in [-0.15, -0.1) is 6.58 Å². The van der Waals surface area contributed by atoms with Crippen LogP contribution in [0.15, 0.2) is 47.9 Å². The third-order valence-electron chi connectivity index (χ3n) is 4.70. The van der Waals surface area contributed by atoms with Crippen molar-refractivity contribution in [1.29, 1.82) is 0 Å². The molecule has 3 rings (SSSR count). The number of ether oxygens (including phenoxy) is 2. The topological polar surface area (TPSA) is 84.9 Å². The highest BCUT2D eigenvalue weighted by molar-refractivity contribution is 8.18. The molecule has 0 bridgehead atoms. The Hall–Kier alpha value is -3.66. The Bertz CT molecular complexity index is 1180. The zero-order valence-electron chi connectivity index (χ0n) is 18.5. The Kier molecular flexibility index (Phi) is 8.06. The van der Waals surface area contributed by atoms with Crippen molar-refractivity contribution in [3.05, 3.63) is 70.7 Å². The molecule has 1 aliphatic rings. The van der Waals surface area contributed by atoms with Gasteiger partial charge in [-0.2, -0.15) is 0 Å². The minimum absolute atomic E-state index is 0.114. The molecular weight excluding hydrogens is 466 g/mol. The number of amides is 3. The summed E-state index contributed by atoms with van der Waals surface area (Å²) >= 11 is 0.681. The monoisotopic (exact) mass is 488 g/mol. The van der Waals surface area contributed by atoms with Crippen molar-refractivity contribution in [3.8, 4) is 11.5 Å². The number of benzene rings is 2. The van der Waals surface area contributed by atoms with Crippen LogP contribution in [0.2, 0.25) is 0 Å². The van der Waals surface area contributed by atoms with Crippen LogP contribution >= 0.6 is 11.8 Å². The smallest absolute Gasteiger partial charge is 0.294 e. The van der Waals surface area contributed by atoms with E-state index >= 15 is 0 Å². The Morgan fingerprint density at radius 1 is 1.24 bits per heavy atom. The second kappa shape index (κ2) is 11.0. The number of rotatable bonds is 9. The van der Waals surface area contributed by atoms with Gasteiger partial charge in [-0.1, -0.05) is 6.08 Å². The van der Waals surface area contributed by atoms with Crippen molar-refractivity contribution in [1.82, 2.24) is 4.90 Å². The molecule has 2 aromatic rings. The van der Waals surface area contributed by atoms with E-state index in [0.29, 0.717) is 47.9 Å². The van der Waals surface area contributed by atoms with Crippen molar-refractivity contribution >= 4 is 40.6 Å². The van der Waals surface area contributed by atoms with E-state index in [2.05, 4.69) is 11.9 Å². The molecule has 1 saturated heterocycles. The Balaban J connectivity index is 1.81. The van der Waals surface area contributed by atoms with Crippen LogP contribution in [0.5, 0.6) is 11.5 Å². The minimum Gasteiger partial charge on any atom is -0.493 e. The van der Waals surface area contributed by atoms with Gasteiger partial charge in [0.1, 0.15) is 18.2 Å². The van der Waals surface area contributed by atoms with Crippen molar-refractivity contribution in [2.24, 2.45) is 0 Å². The summed E-state index contributed by atoms with van der Waals surface area (Å²) < 4.78 is 37.9. The first-order chi connectivity index (χ1) is 16.3. The summed E-state index contributed by atoms with van der Waals surface area (Å²) in [4.78, 5) is 38.3. The Labute approximate surface area is 199 Å². The van der Waals surface area contributed by atoms with Crippen LogP contribution in [-0.2, 0) is 16.0 Å². The molecule has 1 aliphatic heterocycles. The largest absolute Gasteiger partial charge is 0.493 e. The maximum Gasteiger partial charge on any atom is 0.294 e. The molecule has 0 atom stereocenters. The van der Waals surface area contributed by atoms with Gasteiger partial charge < -0.3 is 14.8 Å². The maximum absolute atomic E-state index is 13.8. The standard InChI is InChI=1S/C24H22F2N2O5S/c1-4-6-15-9-14(10-19(33-5-2)22(15)32-3)11-20-23(30)28(24(31)34-20)13-21(29)27-18-8-7-16(25)12-17(18)26/h4,7-12H,1,5-6,13H2,2-3H3,(H,27,29). The van der Waals surface area contributed by atoms with Gasteiger partial charge in [0, 0.05) is 11.6 Å². The average molecular weight is 489 g/mol. The van der Waals surface area contributed by atoms with Gasteiger partial charge in [0.05, 0.1) is 24.3 Å². The molecule has 34 heavy (non-hydrogen) atoms. The number of methoxy groups -OCH3 is 1. The third-order valence-corrected chi connectivity index (χ3v) is 5.61. The summed E-state index contributed by atoms with van der Waals surface area (Å²) in [6.07, 6.45) is 3.72. The molecular formula is C24H22F2N2O5S. The fourth-order valence-corrected chi connectivity index (χ4v) is 4.12. The summed E-state index contributed by atoms with van der Waals surface area (Å²) in [5, 5.41) is 1.59. The van der Waals surface area contributed by atoms with E-state index in [1.54, 1.807) is 18.2 Å². The number of halogens is 2. The first-order valence-electron chi connectivity index (χ1n) is 10.2. The number of carbonyl (C=O) groups is 3. The van der Waals surface area contributed by atoms with E-state index in [-0.39, 0.29) is 10.6 Å². The van der Waals surface area contributed by atoms with Crippen molar-refractivity contribution in [2.45, 2.75) is 13.3 Å². The number of nitrogens with one attached hydrogen (secondary N) is 1. The Morgan fingerprint density at radius 3 is 2.65 bits per heavy atom. The number of hydrogen-bond donors (Lipinski definition) is 1. The lowest BCUT2D eigenvalue weighted by atomic mass is 10.0. The number of nitrogens with zero attached hydrogens (tertiary/aromatic N) is 1. The lowest BCUT2D eigenvalue weighted by Crippen LogP contribution is -2.36. The number of thioether (sulfide) groups is 1. The van der Waals surface area contributed by atoms with E-state index in [0.717, 1.165) is 22.6 Å². The molecule has 0 unspecified atom stereocenters. The second-order valence-electron chi connectivity index (χ2n) is 7.08. The summed E-state index contributed by atoms with van der Waals surface area (Å²) in [5.74, 6) is -2.20. The van der Waals surface area contributed by atoms with Crippen LogP contribution in [0.3, 0.4) is 0 Å². The highest BCUT2D eigenvalue weighted by Gasteiger charge is 2.36. The molecule has 2 aromatic carbocycles. The van der Waals surface area contributed by atoms with Crippen LogP contribution in [0.4, 0.5) is 19.3 Å². The van der Waals surface area contributed by atoms with Crippen LogP contribution in [-0.4, -0.2) is 42.2 Å².